The summed E-state index contributed by atoms with van der Waals surface area (Å²) in [6.45, 7) is 1.10. The zero-order chi connectivity index (χ0) is 30.2. The van der Waals surface area contributed by atoms with Crippen LogP contribution in [0.2, 0.25) is 0 Å². The van der Waals surface area contributed by atoms with E-state index in [1.165, 1.54) is 24.6 Å². The Morgan fingerprint density at radius 3 is 2.52 bits per heavy atom. The molecule has 218 valence electrons. The molecule has 5 aromatic rings. The molecule has 0 bridgehead atoms. The van der Waals surface area contributed by atoms with Crippen molar-refractivity contribution in [1.29, 1.82) is 5.26 Å². The Kier molecular flexibility index (Phi) is 6.94. The highest BCUT2D eigenvalue weighted by Gasteiger charge is 2.30. The summed E-state index contributed by atoms with van der Waals surface area (Å²) < 4.78 is 1.96. The number of amides is 2. The maximum atomic E-state index is 13.3. The van der Waals surface area contributed by atoms with Crippen molar-refractivity contribution in [2.24, 2.45) is 0 Å². The van der Waals surface area contributed by atoms with E-state index < -0.39 is 0 Å². The fraction of sp³-hybridized carbons (Fsp3) is 0.242. The van der Waals surface area contributed by atoms with E-state index in [4.69, 9.17) is 16.0 Å². The molecule has 2 aliphatic rings. The molecule has 11 nitrogen and oxygen atoms in total. The van der Waals surface area contributed by atoms with Crippen LogP contribution in [0.4, 0.5) is 11.6 Å². The predicted molar refractivity (Wildman–Crippen MR) is 164 cm³/mol. The number of nitrogens with two attached hydrogens (primary N) is 1. The smallest absolute Gasteiger partial charge is 0.256 e. The minimum atomic E-state index is -0.238. The Balaban J connectivity index is 1.14. The van der Waals surface area contributed by atoms with Crippen molar-refractivity contribution in [1.82, 2.24) is 29.2 Å². The fourth-order valence-electron chi connectivity index (χ4n) is 5.87. The number of imidazole rings is 1. The molecule has 1 atom stereocenters. The molecular weight excluding hydrogens is 554 g/mol. The summed E-state index contributed by atoms with van der Waals surface area (Å²) in [4.78, 5) is 45.8. The van der Waals surface area contributed by atoms with Crippen LogP contribution in [0.3, 0.4) is 0 Å². The van der Waals surface area contributed by atoms with Gasteiger partial charge in [0.15, 0.2) is 0 Å². The van der Waals surface area contributed by atoms with Gasteiger partial charge in [-0.1, -0.05) is 12.1 Å². The van der Waals surface area contributed by atoms with Crippen LogP contribution in [0.25, 0.3) is 16.8 Å². The van der Waals surface area contributed by atoms with Gasteiger partial charge in [-0.05, 0) is 73.6 Å². The average Bonchev–Trinajstić information content (AvgIpc) is 3.85. The second kappa shape index (κ2) is 11.2. The van der Waals surface area contributed by atoms with Crippen molar-refractivity contribution in [2.75, 3.05) is 24.1 Å². The average molecular weight is 584 g/mol. The Labute approximate surface area is 253 Å². The first kappa shape index (κ1) is 27.2. The molecule has 0 radical (unpaired) electrons. The molecule has 0 spiro atoms. The number of rotatable bonds is 6. The summed E-state index contributed by atoms with van der Waals surface area (Å²) in [5.74, 6) is 1.85. The van der Waals surface area contributed by atoms with Gasteiger partial charge in [0.1, 0.15) is 40.4 Å². The van der Waals surface area contributed by atoms with E-state index in [1.807, 2.05) is 45.8 Å². The lowest BCUT2D eigenvalue weighted by Crippen LogP contribution is -2.39. The lowest BCUT2D eigenvalue weighted by molar-refractivity contribution is 0.0703. The first-order chi connectivity index (χ1) is 21.5. The Morgan fingerprint density at radius 1 is 0.955 bits per heavy atom. The minimum absolute atomic E-state index is 0.0361. The summed E-state index contributed by atoms with van der Waals surface area (Å²) >= 11 is 0. The number of nitriles is 1. The molecule has 3 N–H and O–H groups in total. The van der Waals surface area contributed by atoms with Crippen LogP contribution in [0.1, 0.15) is 75.3 Å². The zero-order valence-corrected chi connectivity index (χ0v) is 23.8. The summed E-state index contributed by atoms with van der Waals surface area (Å²) in [5, 5.41) is 11.9. The molecular formula is C33H29N9O2. The summed E-state index contributed by atoms with van der Waals surface area (Å²) in [5.41, 5.74) is 10.9. The van der Waals surface area contributed by atoms with Gasteiger partial charge in [0.2, 0.25) is 0 Å². The summed E-state index contributed by atoms with van der Waals surface area (Å²) in [7, 11) is 0. The number of likely N-dealkylation sites (tertiary alicyclic amines) is 1. The number of benzene rings is 1. The van der Waals surface area contributed by atoms with Gasteiger partial charge in [-0.15, -0.1) is 0 Å². The van der Waals surface area contributed by atoms with E-state index in [9.17, 15) is 9.59 Å². The second-order valence-electron chi connectivity index (χ2n) is 11.3. The maximum Gasteiger partial charge on any atom is 0.256 e. The van der Waals surface area contributed by atoms with Gasteiger partial charge >= 0.3 is 0 Å². The largest absolute Gasteiger partial charge is 0.382 e. The number of hydrogen-bond donors (Lipinski definition) is 2. The van der Waals surface area contributed by atoms with Gasteiger partial charge in [-0.3, -0.25) is 14.0 Å². The van der Waals surface area contributed by atoms with Crippen molar-refractivity contribution >= 4 is 29.0 Å². The predicted octanol–water partition coefficient (Wildman–Crippen LogP) is 4.79. The molecule has 1 aliphatic heterocycles. The van der Waals surface area contributed by atoms with Crippen LogP contribution < -0.4 is 11.1 Å². The van der Waals surface area contributed by atoms with E-state index >= 15 is 0 Å². The Morgan fingerprint density at radius 2 is 1.77 bits per heavy atom. The molecule has 1 unspecified atom stereocenters. The van der Waals surface area contributed by atoms with Crippen molar-refractivity contribution in [3.05, 3.63) is 102 Å². The van der Waals surface area contributed by atoms with Gasteiger partial charge in [-0.25, -0.2) is 19.9 Å². The number of fused-ring (bicyclic) bond motifs is 1. The van der Waals surface area contributed by atoms with Crippen LogP contribution in [-0.4, -0.2) is 54.1 Å². The first-order valence-electron chi connectivity index (χ1n) is 14.6. The summed E-state index contributed by atoms with van der Waals surface area (Å²) in [6, 6.07) is 16.4. The number of nitrogen functional groups attached to an aromatic ring is 1. The van der Waals surface area contributed by atoms with E-state index in [1.54, 1.807) is 36.7 Å². The van der Waals surface area contributed by atoms with E-state index in [0.717, 1.165) is 24.2 Å². The minimum Gasteiger partial charge on any atom is -0.382 e. The van der Waals surface area contributed by atoms with Gasteiger partial charge < -0.3 is 16.0 Å². The number of carbonyl (C=O) groups is 2. The Bertz CT molecular complexity index is 1920. The van der Waals surface area contributed by atoms with Gasteiger partial charge in [0, 0.05) is 54.9 Å². The molecule has 4 aromatic heterocycles. The number of pyridine rings is 2. The normalized spacial score (nSPS) is 16.4. The number of nitrogens with one attached hydrogen (secondary N) is 1. The number of hydrogen-bond acceptors (Lipinski definition) is 8. The number of nitrogens with zero attached hydrogens (tertiary/aromatic N) is 7. The monoisotopic (exact) mass is 583 g/mol. The molecule has 1 saturated carbocycles. The SMILES string of the molecule is N#Cc1ccc(C(=O)N2CCCC(c3nc(-c4ccc(C(=O)Nc5cc(C6CC6)ccn5)cc4)c4c(N)nccn34)C2)cn1. The fourth-order valence-corrected chi connectivity index (χ4v) is 5.87. The number of anilines is 2. The second-order valence-corrected chi connectivity index (χ2v) is 11.3. The van der Waals surface area contributed by atoms with Crippen LogP contribution in [0.15, 0.2) is 73.3 Å². The molecule has 7 rings (SSSR count). The molecule has 5 heterocycles. The standard InChI is InChI=1S/C33H29N9O2/c34-17-26-10-9-24(18-38-26)33(44)41-14-1-2-25(19-41)31-40-28(29-30(35)37-13-15-42(29)31)21-5-7-22(8-6-21)32(43)39-27-16-23(11-12-36-27)20-3-4-20/h5-13,15-16,18,20,25H,1-4,14,19H2,(H2,35,37)(H,36,39,43). The van der Waals surface area contributed by atoms with Crippen molar-refractivity contribution in [2.45, 2.75) is 37.5 Å². The van der Waals surface area contributed by atoms with Crippen molar-refractivity contribution < 1.29 is 9.59 Å². The van der Waals surface area contributed by atoms with E-state index in [-0.39, 0.29) is 23.4 Å². The Hall–Kier alpha value is -5.63. The van der Waals surface area contributed by atoms with Gasteiger partial charge in [0.05, 0.1) is 5.56 Å². The van der Waals surface area contributed by atoms with Crippen LogP contribution >= 0.6 is 0 Å². The van der Waals surface area contributed by atoms with Crippen molar-refractivity contribution in [3.8, 4) is 17.3 Å². The number of piperidine rings is 1. The molecule has 2 fully saturated rings. The highest BCUT2D eigenvalue weighted by atomic mass is 16.2. The third kappa shape index (κ3) is 5.22. The zero-order valence-electron chi connectivity index (χ0n) is 23.8. The molecule has 44 heavy (non-hydrogen) atoms. The maximum absolute atomic E-state index is 13.3. The molecule has 1 aliphatic carbocycles. The lowest BCUT2D eigenvalue weighted by Gasteiger charge is -2.32. The molecule has 2 amide bonds. The molecule has 1 aromatic carbocycles. The quantitative estimate of drug-likeness (QED) is 0.289. The van der Waals surface area contributed by atoms with Gasteiger partial charge in [-0.2, -0.15) is 5.26 Å². The van der Waals surface area contributed by atoms with Crippen LogP contribution in [0.5, 0.6) is 0 Å². The van der Waals surface area contributed by atoms with Gasteiger partial charge in [0.25, 0.3) is 11.8 Å². The third-order valence-corrected chi connectivity index (χ3v) is 8.30. The molecule has 1 saturated heterocycles. The lowest BCUT2D eigenvalue weighted by atomic mass is 9.96. The third-order valence-electron chi connectivity index (χ3n) is 8.30. The van der Waals surface area contributed by atoms with E-state index in [2.05, 4.69) is 20.3 Å². The highest BCUT2D eigenvalue weighted by Crippen LogP contribution is 2.40. The topological polar surface area (TPSA) is 155 Å². The molecule has 11 heteroatoms. The summed E-state index contributed by atoms with van der Waals surface area (Å²) in [6.07, 6.45) is 10.7. The van der Waals surface area contributed by atoms with Crippen LogP contribution in [0, 0.1) is 11.3 Å². The number of carbonyl (C=O) groups excluding carboxylic acids is 2. The van der Waals surface area contributed by atoms with Crippen molar-refractivity contribution in [3.63, 3.8) is 0 Å². The number of aromatic nitrogens is 5. The van der Waals surface area contributed by atoms with E-state index in [0.29, 0.717) is 53.0 Å². The first-order valence-corrected chi connectivity index (χ1v) is 14.6. The van der Waals surface area contributed by atoms with Crippen LogP contribution in [-0.2, 0) is 0 Å². The highest BCUT2D eigenvalue weighted by molar-refractivity contribution is 6.04.